The van der Waals surface area contributed by atoms with Crippen molar-refractivity contribution in [3.05, 3.63) is 71.7 Å². The van der Waals surface area contributed by atoms with Crippen LogP contribution in [0.15, 0.2) is 54.6 Å². The second-order valence-electron chi connectivity index (χ2n) is 8.88. The predicted octanol–water partition coefficient (Wildman–Crippen LogP) is 4.80. The van der Waals surface area contributed by atoms with Gasteiger partial charge in [0.1, 0.15) is 12.3 Å². The number of aryl methyl sites for hydroxylation is 1. The van der Waals surface area contributed by atoms with Crippen molar-refractivity contribution in [1.82, 2.24) is 20.1 Å². The molecular formula is C25H23F3N4O2. The maximum atomic E-state index is 13.7. The monoisotopic (exact) mass is 468 g/mol. The number of ether oxygens (including phenoxy) is 1. The molecule has 0 spiro atoms. The number of rotatable bonds is 5. The van der Waals surface area contributed by atoms with E-state index in [0.717, 1.165) is 41.8 Å². The van der Waals surface area contributed by atoms with Crippen molar-refractivity contribution >= 4 is 5.91 Å². The lowest BCUT2D eigenvalue weighted by molar-refractivity contribution is -0.141. The van der Waals surface area contributed by atoms with Crippen LogP contribution in [0.5, 0.6) is 5.88 Å². The van der Waals surface area contributed by atoms with Gasteiger partial charge in [0.15, 0.2) is 5.69 Å². The molecule has 0 N–H and O–H groups in total. The number of piperidine rings is 1. The van der Waals surface area contributed by atoms with Crippen LogP contribution in [0, 0.1) is 18.8 Å². The number of likely N-dealkylation sites (tertiary alicyclic amines) is 1. The molecule has 1 amide bonds. The molecule has 0 unspecified atom stereocenters. The van der Waals surface area contributed by atoms with E-state index in [9.17, 15) is 18.0 Å². The number of benzene rings is 1. The largest absolute Gasteiger partial charge is 0.474 e. The maximum absolute atomic E-state index is 13.7. The van der Waals surface area contributed by atoms with Gasteiger partial charge < -0.3 is 9.64 Å². The molecule has 1 saturated carbocycles. The molecule has 34 heavy (non-hydrogen) atoms. The molecule has 3 heterocycles. The molecule has 176 valence electrons. The van der Waals surface area contributed by atoms with Crippen molar-refractivity contribution in [3.63, 3.8) is 0 Å². The minimum absolute atomic E-state index is 0.00280. The molecule has 2 fully saturated rings. The number of fused-ring (bicyclic) bond motifs is 1. The van der Waals surface area contributed by atoms with Crippen LogP contribution in [0.1, 0.15) is 34.7 Å². The van der Waals surface area contributed by atoms with Gasteiger partial charge >= 0.3 is 6.18 Å². The highest BCUT2D eigenvalue weighted by atomic mass is 19.4. The van der Waals surface area contributed by atoms with Crippen LogP contribution in [-0.4, -0.2) is 45.2 Å². The van der Waals surface area contributed by atoms with Crippen LogP contribution in [0.25, 0.3) is 11.1 Å². The summed E-state index contributed by atoms with van der Waals surface area (Å²) in [6.45, 7) is 2.59. The zero-order chi connectivity index (χ0) is 23.9. The summed E-state index contributed by atoms with van der Waals surface area (Å²) in [5.41, 5.74) is 1.74. The van der Waals surface area contributed by atoms with Gasteiger partial charge in [-0.3, -0.25) is 4.79 Å². The fraction of sp³-hybridized carbons (Fsp3) is 0.360. The standard InChI is InChI=1S/C25H23F3N4O2/c1-15-7-8-20(16-5-3-2-4-6-16)23(29-15)24(33)32-13-18-11-17(18)12-19(32)14-34-22-10-9-21(30-31-22)25(26,27)28/h2-10,17-19H,11-14H2,1H3/t17-,18+,19+/m1/s1. The second-order valence-corrected chi connectivity index (χ2v) is 8.88. The van der Waals surface area contributed by atoms with Crippen molar-refractivity contribution in [3.8, 4) is 17.0 Å². The third kappa shape index (κ3) is 4.60. The summed E-state index contributed by atoms with van der Waals surface area (Å²) in [5.74, 6) is 0.837. The Hall–Kier alpha value is -3.49. The van der Waals surface area contributed by atoms with Gasteiger partial charge in [0, 0.05) is 23.9 Å². The fourth-order valence-corrected chi connectivity index (χ4v) is 4.54. The van der Waals surface area contributed by atoms with E-state index in [-0.39, 0.29) is 24.4 Å². The third-order valence-electron chi connectivity index (χ3n) is 6.45. The van der Waals surface area contributed by atoms with E-state index in [0.29, 0.717) is 24.1 Å². The highest BCUT2D eigenvalue weighted by Gasteiger charge is 2.47. The minimum Gasteiger partial charge on any atom is -0.474 e. The summed E-state index contributed by atoms with van der Waals surface area (Å²) in [7, 11) is 0. The number of hydrogen-bond acceptors (Lipinski definition) is 5. The lowest BCUT2D eigenvalue weighted by Crippen LogP contribution is -2.48. The summed E-state index contributed by atoms with van der Waals surface area (Å²) in [6, 6.07) is 15.2. The van der Waals surface area contributed by atoms with Crippen LogP contribution in [0.2, 0.25) is 0 Å². The smallest absolute Gasteiger partial charge is 0.435 e. The van der Waals surface area contributed by atoms with Gasteiger partial charge in [-0.25, -0.2) is 4.98 Å². The van der Waals surface area contributed by atoms with E-state index in [1.165, 1.54) is 0 Å². The molecule has 0 radical (unpaired) electrons. The molecule has 0 bridgehead atoms. The summed E-state index contributed by atoms with van der Waals surface area (Å²) < 4.78 is 43.9. The normalized spacial score (nSPS) is 21.6. The first kappa shape index (κ1) is 22.3. The number of amides is 1. The molecule has 5 rings (SSSR count). The Kier molecular flexibility index (Phi) is 5.71. The van der Waals surface area contributed by atoms with Crippen molar-refractivity contribution in [2.75, 3.05) is 13.2 Å². The Bertz CT molecular complexity index is 1190. The molecule has 9 heteroatoms. The van der Waals surface area contributed by atoms with E-state index in [1.54, 1.807) is 4.90 Å². The van der Waals surface area contributed by atoms with E-state index in [1.807, 2.05) is 49.4 Å². The average molecular weight is 468 g/mol. The van der Waals surface area contributed by atoms with Gasteiger partial charge in [-0.15, -0.1) is 10.2 Å². The highest BCUT2D eigenvalue weighted by molar-refractivity contribution is 5.99. The number of hydrogen-bond donors (Lipinski definition) is 0. The Morgan fingerprint density at radius 1 is 1.03 bits per heavy atom. The quantitative estimate of drug-likeness (QED) is 0.538. The molecule has 1 aromatic carbocycles. The van der Waals surface area contributed by atoms with E-state index in [4.69, 9.17) is 4.74 Å². The van der Waals surface area contributed by atoms with Gasteiger partial charge in [0.2, 0.25) is 5.88 Å². The van der Waals surface area contributed by atoms with Crippen molar-refractivity contribution in [1.29, 1.82) is 0 Å². The van der Waals surface area contributed by atoms with Gasteiger partial charge in [-0.05, 0) is 49.3 Å². The maximum Gasteiger partial charge on any atom is 0.435 e. The molecule has 1 aliphatic carbocycles. The number of aromatic nitrogens is 3. The molecule has 1 saturated heterocycles. The first-order chi connectivity index (χ1) is 16.3. The molecule has 6 nitrogen and oxygen atoms in total. The Morgan fingerprint density at radius 3 is 2.53 bits per heavy atom. The SMILES string of the molecule is Cc1ccc(-c2ccccc2)c(C(=O)N2C[C@@H]3C[C@@H]3C[C@H]2COc2ccc(C(F)(F)F)nn2)n1. The summed E-state index contributed by atoms with van der Waals surface area (Å²) in [4.78, 5) is 20.1. The molecule has 2 aliphatic rings. The fourth-order valence-electron chi connectivity index (χ4n) is 4.54. The minimum atomic E-state index is -4.56. The molecule has 1 aliphatic heterocycles. The van der Waals surface area contributed by atoms with Gasteiger partial charge in [0.25, 0.3) is 5.91 Å². The van der Waals surface area contributed by atoms with E-state index in [2.05, 4.69) is 15.2 Å². The summed E-state index contributed by atoms with van der Waals surface area (Å²) in [6.07, 6.45) is -2.72. The summed E-state index contributed by atoms with van der Waals surface area (Å²) in [5, 5.41) is 6.75. The second kappa shape index (κ2) is 8.70. The predicted molar refractivity (Wildman–Crippen MR) is 118 cm³/mol. The van der Waals surface area contributed by atoms with Crippen LogP contribution in [-0.2, 0) is 6.18 Å². The zero-order valence-electron chi connectivity index (χ0n) is 18.5. The number of carbonyl (C=O) groups excluding carboxylic acids is 1. The van der Waals surface area contributed by atoms with E-state index >= 15 is 0 Å². The molecule has 2 aromatic heterocycles. The first-order valence-electron chi connectivity index (χ1n) is 11.2. The lowest BCUT2D eigenvalue weighted by Gasteiger charge is -2.35. The van der Waals surface area contributed by atoms with Gasteiger partial charge in [0.05, 0.1) is 6.04 Å². The topological polar surface area (TPSA) is 68.2 Å². The number of halogens is 3. The van der Waals surface area contributed by atoms with Crippen molar-refractivity contribution in [2.45, 2.75) is 32.0 Å². The number of carbonyl (C=O) groups is 1. The first-order valence-corrected chi connectivity index (χ1v) is 11.2. The summed E-state index contributed by atoms with van der Waals surface area (Å²) >= 11 is 0. The number of alkyl halides is 3. The zero-order valence-corrected chi connectivity index (χ0v) is 18.5. The van der Waals surface area contributed by atoms with Crippen LogP contribution in [0.3, 0.4) is 0 Å². The van der Waals surface area contributed by atoms with Gasteiger partial charge in [-0.1, -0.05) is 36.4 Å². The number of nitrogens with zero attached hydrogens (tertiary/aromatic N) is 4. The number of pyridine rings is 1. The Labute approximate surface area is 194 Å². The van der Waals surface area contributed by atoms with Gasteiger partial charge in [-0.2, -0.15) is 13.2 Å². The Balaban J connectivity index is 1.37. The van der Waals surface area contributed by atoms with Crippen LogP contribution < -0.4 is 4.74 Å². The van der Waals surface area contributed by atoms with Crippen molar-refractivity contribution in [2.24, 2.45) is 11.8 Å². The molecular weight excluding hydrogens is 445 g/mol. The third-order valence-corrected chi connectivity index (χ3v) is 6.45. The molecule has 3 aromatic rings. The average Bonchev–Trinajstić information content (AvgIpc) is 3.60. The van der Waals surface area contributed by atoms with Crippen LogP contribution in [0.4, 0.5) is 13.2 Å². The lowest BCUT2D eigenvalue weighted by atomic mass is 9.99. The van der Waals surface area contributed by atoms with Crippen molar-refractivity contribution < 1.29 is 22.7 Å². The van der Waals surface area contributed by atoms with E-state index < -0.39 is 11.9 Å². The molecule has 3 atom stereocenters. The Morgan fingerprint density at radius 2 is 1.82 bits per heavy atom. The van der Waals surface area contributed by atoms with Crippen LogP contribution >= 0.6 is 0 Å². The highest BCUT2D eigenvalue weighted by Crippen LogP contribution is 2.47.